The molecule has 1 amide bonds. The second-order valence-electron chi connectivity index (χ2n) is 4.87. The summed E-state index contributed by atoms with van der Waals surface area (Å²) in [7, 11) is 0. The minimum Gasteiger partial charge on any atom is -0.481 e. The molecule has 2 N–H and O–H groups in total. The zero-order valence-corrected chi connectivity index (χ0v) is 11.9. The third kappa shape index (κ3) is 3.47. The molecule has 2 rings (SSSR count). The van der Waals surface area contributed by atoms with E-state index in [0.29, 0.717) is 0 Å². The smallest absolute Gasteiger partial charge is 0.308 e. The summed E-state index contributed by atoms with van der Waals surface area (Å²) >= 11 is 0. The number of hydrogen-bond donors (Lipinski definition) is 2. The largest absolute Gasteiger partial charge is 0.481 e. The summed E-state index contributed by atoms with van der Waals surface area (Å²) in [6.07, 6.45) is 0. The molecule has 0 aliphatic rings. The zero-order chi connectivity index (χ0) is 15.4. The number of aromatic nitrogens is 2. The van der Waals surface area contributed by atoms with Gasteiger partial charge in [0, 0.05) is 12.2 Å². The maximum absolute atomic E-state index is 12.0. The van der Waals surface area contributed by atoms with E-state index >= 15 is 0 Å². The van der Waals surface area contributed by atoms with Gasteiger partial charge < -0.3 is 10.4 Å². The van der Waals surface area contributed by atoms with Crippen LogP contribution in [0.4, 0.5) is 0 Å². The molecule has 0 bridgehead atoms. The van der Waals surface area contributed by atoms with Gasteiger partial charge in [0.15, 0.2) is 5.69 Å². The number of rotatable bonds is 5. The molecule has 0 spiro atoms. The van der Waals surface area contributed by atoms with Gasteiger partial charge >= 0.3 is 5.97 Å². The van der Waals surface area contributed by atoms with Crippen LogP contribution in [-0.2, 0) is 4.79 Å². The van der Waals surface area contributed by atoms with Crippen LogP contribution in [0.5, 0.6) is 0 Å². The second-order valence-corrected chi connectivity index (χ2v) is 4.87. The van der Waals surface area contributed by atoms with E-state index < -0.39 is 11.9 Å². The number of hydrogen-bond acceptors (Lipinski definition) is 3. The molecule has 0 radical (unpaired) electrons. The van der Waals surface area contributed by atoms with Gasteiger partial charge in [-0.2, -0.15) is 5.10 Å². The first-order valence-corrected chi connectivity index (χ1v) is 6.62. The lowest BCUT2D eigenvalue weighted by Crippen LogP contribution is -2.31. The predicted molar refractivity (Wildman–Crippen MR) is 77.4 cm³/mol. The summed E-state index contributed by atoms with van der Waals surface area (Å²) in [5, 5.41) is 15.6. The molecular formula is C15H17N3O3. The number of carbonyl (C=O) groups is 2. The molecule has 1 aromatic carbocycles. The molecule has 6 heteroatoms. The summed E-state index contributed by atoms with van der Waals surface area (Å²) in [4.78, 5) is 22.7. The molecule has 2 aromatic rings. The van der Waals surface area contributed by atoms with Crippen molar-refractivity contribution in [1.29, 1.82) is 0 Å². The SMILES string of the molecule is Cc1cc(C(=O)NC[C@@H](C)C(=O)O)nn1-c1ccccc1. The topological polar surface area (TPSA) is 84.2 Å². The van der Waals surface area contributed by atoms with E-state index in [0.717, 1.165) is 11.4 Å². The lowest BCUT2D eigenvalue weighted by atomic mass is 10.2. The van der Waals surface area contributed by atoms with Crippen molar-refractivity contribution >= 4 is 11.9 Å². The zero-order valence-electron chi connectivity index (χ0n) is 11.9. The number of aliphatic carboxylic acids is 1. The number of carboxylic acids is 1. The van der Waals surface area contributed by atoms with Gasteiger partial charge in [-0.1, -0.05) is 25.1 Å². The monoisotopic (exact) mass is 287 g/mol. The standard InChI is InChI=1S/C15H17N3O3/c1-10(15(20)21)9-16-14(19)13-8-11(2)18(17-13)12-6-4-3-5-7-12/h3-8,10H,9H2,1-2H3,(H,16,19)(H,20,21)/t10-/m1/s1. The Morgan fingerprint density at radius 2 is 2.00 bits per heavy atom. The number of benzene rings is 1. The Balaban J connectivity index is 2.12. The lowest BCUT2D eigenvalue weighted by molar-refractivity contribution is -0.140. The molecule has 6 nitrogen and oxygen atoms in total. The minimum absolute atomic E-state index is 0.0748. The Bertz CT molecular complexity index is 649. The van der Waals surface area contributed by atoms with Crippen LogP contribution in [0.3, 0.4) is 0 Å². The molecule has 1 heterocycles. The van der Waals surface area contributed by atoms with Gasteiger partial charge in [0.1, 0.15) is 0 Å². The molecule has 1 aromatic heterocycles. The maximum Gasteiger partial charge on any atom is 0.308 e. The number of nitrogens with one attached hydrogen (secondary N) is 1. The van der Waals surface area contributed by atoms with Crippen LogP contribution in [0.25, 0.3) is 5.69 Å². The number of amides is 1. The highest BCUT2D eigenvalue weighted by Gasteiger charge is 2.16. The normalized spacial score (nSPS) is 11.9. The summed E-state index contributed by atoms with van der Waals surface area (Å²) in [6.45, 7) is 3.47. The molecule has 0 saturated carbocycles. The van der Waals surface area contributed by atoms with Crippen molar-refractivity contribution in [3.05, 3.63) is 47.8 Å². The lowest BCUT2D eigenvalue weighted by Gasteiger charge is -2.06. The molecule has 21 heavy (non-hydrogen) atoms. The van der Waals surface area contributed by atoms with Crippen LogP contribution in [-0.4, -0.2) is 33.3 Å². The van der Waals surface area contributed by atoms with Crippen LogP contribution < -0.4 is 5.32 Å². The van der Waals surface area contributed by atoms with E-state index in [1.165, 1.54) is 6.92 Å². The third-order valence-electron chi connectivity index (χ3n) is 3.11. The van der Waals surface area contributed by atoms with Crippen LogP contribution in [0.1, 0.15) is 23.1 Å². The van der Waals surface area contributed by atoms with Crippen molar-refractivity contribution in [3.63, 3.8) is 0 Å². The van der Waals surface area contributed by atoms with Crippen LogP contribution in [0, 0.1) is 12.8 Å². The second kappa shape index (κ2) is 6.21. The fraction of sp³-hybridized carbons (Fsp3) is 0.267. The van der Waals surface area contributed by atoms with Gasteiger partial charge in [-0.3, -0.25) is 9.59 Å². The van der Waals surface area contributed by atoms with E-state index in [4.69, 9.17) is 5.11 Å². The Hall–Kier alpha value is -2.63. The predicted octanol–water partition coefficient (Wildman–Crippen LogP) is 1.63. The molecule has 0 aliphatic heterocycles. The third-order valence-corrected chi connectivity index (χ3v) is 3.11. The Labute approximate surface area is 122 Å². The van der Waals surface area contributed by atoms with Crippen molar-refractivity contribution in [2.75, 3.05) is 6.54 Å². The van der Waals surface area contributed by atoms with Crippen molar-refractivity contribution < 1.29 is 14.7 Å². The van der Waals surface area contributed by atoms with Gasteiger partial charge in [0.05, 0.1) is 11.6 Å². The Kier molecular flexibility index (Phi) is 4.37. The summed E-state index contributed by atoms with van der Waals surface area (Å²) in [6, 6.07) is 11.2. The van der Waals surface area contributed by atoms with E-state index in [2.05, 4.69) is 10.4 Å². The van der Waals surface area contributed by atoms with Crippen molar-refractivity contribution in [2.45, 2.75) is 13.8 Å². The minimum atomic E-state index is -0.943. The van der Waals surface area contributed by atoms with E-state index in [9.17, 15) is 9.59 Å². The summed E-state index contributed by atoms with van der Waals surface area (Å²) < 4.78 is 1.68. The summed E-state index contributed by atoms with van der Waals surface area (Å²) in [5.74, 6) is -1.95. The molecule has 0 fully saturated rings. The fourth-order valence-corrected chi connectivity index (χ4v) is 1.84. The van der Waals surface area contributed by atoms with Crippen LogP contribution in [0.2, 0.25) is 0 Å². The highest BCUT2D eigenvalue weighted by atomic mass is 16.4. The first kappa shape index (κ1) is 14.8. The molecule has 110 valence electrons. The van der Waals surface area contributed by atoms with Gasteiger partial charge in [-0.25, -0.2) is 4.68 Å². The van der Waals surface area contributed by atoms with Gasteiger partial charge in [0.25, 0.3) is 5.91 Å². The number of carboxylic acid groups (broad SMARTS) is 1. The molecule has 1 atom stereocenters. The average molecular weight is 287 g/mol. The number of aryl methyl sites for hydroxylation is 1. The maximum atomic E-state index is 12.0. The van der Waals surface area contributed by atoms with Gasteiger partial charge in [-0.05, 0) is 25.1 Å². The number of carbonyl (C=O) groups excluding carboxylic acids is 1. The van der Waals surface area contributed by atoms with Gasteiger partial charge in [0.2, 0.25) is 0 Å². The summed E-state index contributed by atoms with van der Waals surface area (Å²) in [5.41, 5.74) is 1.97. The fourth-order valence-electron chi connectivity index (χ4n) is 1.84. The Morgan fingerprint density at radius 3 is 2.62 bits per heavy atom. The number of nitrogens with zero attached hydrogens (tertiary/aromatic N) is 2. The first-order chi connectivity index (χ1) is 9.99. The average Bonchev–Trinajstić information content (AvgIpc) is 2.87. The molecule has 0 saturated heterocycles. The van der Waals surface area contributed by atoms with Crippen LogP contribution >= 0.6 is 0 Å². The van der Waals surface area contributed by atoms with E-state index in [1.54, 1.807) is 10.7 Å². The molecular weight excluding hydrogens is 270 g/mol. The van der Waals surface area contributed by atoms with Crippen molar-refractivity contribution in [3.8, 4) is 5.69 Å². The highest BCUT2D eigenvalue weighted by Crippen LogP contribution is 2.11. The molecule has 0 unspecified atom stereocenters. The Morgan fingerprint density at radius 1 is 1.33 bits per heavy atom. The highest BCUT2D eigenvalue weighted by molar-refractivity contribution is 5.92. The van der Waals surface area contributed by atoms with Crippen molar-refractivity contribution in [2.24, 2.45) is 5.92 Å². The van der Waals surface area contributed by atoms with Crippen molar-refractivity contribution in [1.82, 2.24) is 15.1 Å². The van der Waals surface area contributed by atoms with Gasteiger partial charge in [-0.15, -0.1) is 0 Å². The van der Waals surface area contributed by atoms with E-state index in [1.807, 2.05) is 37.3 Å². The van der Waals surface area contributed by atoms with Crippen LogP contribution in [0.15, 0.2) is 36.4 Å². The first-order valence-electron chi connectivity index (χ1n) is 6.62. The molecule has 0 aliphatic carbocycles. The van der Waals surface area contributed by atoms with E-state index in [-0.39, 0.29) is 18.1 Å². The number of para-hydroxylation sites is 1. The quantitative estimate of drug-likeness (QED) is 0.875.